The van der Waals surface area contributed by atoms with Gasteiger partial charge in [-0.2, -0.15) is 4.31 Å². The van der Waals surface area contributed by atoms with Crippen LogP contribution in [0.3, 0.4) is 0 Å². The minimum absolute atomic E-state index is 0.0287. The molecule has 0 bridgehead atoms. The Kier molecular flexibility index (Phi) is 4.28. The molecule has 1 aromatic rings. The number of nitrogens with two attached hydrogens (primary N) is 1. The van der Waals surface area contributed by atoms with Crippen molar-refractivity contribution < 1.29 is 8.42 Å². The Balaban J connectivity index is 2.31. The number of hydrogen-bond acceptors (Lipinski definition) is 3. The normalized spacial score (nSPS) is 25.4. The maximum atomic E-state index is 12.7. The van der Waals surface area contributed by atoms with Gasteiger partial charge >= 0.3 is 0 Å². The molecular formula is C14H22N2O2S. The first-order chi connectivity index (χ1) is 8.95. The van der Waals surface area contributed by atoms with E-state index in [9.17, 15) is 8.42 Å². The summed E-state index contributed by atoms with van der Waals surface area (Å²) in [5, 5.41) is 0. The fourth-order valence-corrected chi connectivity index (χ4v) is 4.33. The highest BCUT2D eigenvalue weighted by atomic mass is 32.2. The zero-order valence-corrected chi connectivity index (χ0v) is 12.4. The molecular weight excluding hydrogens is 260 g/mol. The topological polar surface area (TPSA) is 63.4 Å². The third kappa shape index (κ3) is 2.99. The van der Waals surface area contributed by atoms with Crippen LogP contribution in [0.2, 0.25) is 0 Å². The average molecular weight is 282 g/mol. The molecule has 0 aliphatic carbocycles. The Hall–Kier alpha value is -0.910. The van der Waals surface area contributed by atoms with Gasteiger partial charge in [0.2, 0.25) is 10.0 Å². The van der Waals surface area contributed by atoms with Gasteiger partial charge in [0.25, 0.3) is 0 Å². The molecule has 2 rings (SSSR count). The fraction of sp³-hybridized carbons (Fsp3) is 0.571. The third-order valence-electron chi connectivity index (χ3n) is 3.77. The van der Waals surface area contributed by atoms with E-state index in [1.807, 2.05) is 26.0 Å². The van der Waals surface area contributed by atoms with Crippen LogP contribution in [0.25, 0.3) is 0 Å². The van der Waals surface area contributed by atoms with Crippen LogP contribution in [0.1, 0.15) is 32.3 Å². The molecule has 0 aromatic heterocycles. The lowest BCUT2D eigenvalue weighted by molar-refractivity contribution is 0.247. The van der Waals surface area contributed by atoms with Crippen molar-refractivity contribution in [2.24, 2.45) is 5.73 Å². The fourth-order valence-electron chi connectivity index (χ4n) is 2.61. The molecule has 1 saturated heterocycles. The molecule has 0 radical (unpaired) electrons. The lowest BCUT2D eigenvalue weighted by Gasteiger charge is -2.35. The zero-order chi connectivity index (χ0) is 14.0. The minimum Gasteiger partial charge on any atom is -0.328 e. The number of hydrogen-bond donors (Lipinski definition) is 1. The van der Waals surface area contributed by atoms with Gasteiger partial charge in [0.15, 0.2) is 0 Å². The van der Waals surface area contributed by atoms with Gasteiger partial charge in [0.1, 0.15) is 0 Å². The second-order valence-electron chi connectivity index (χ2n) is 5.25. The summed E-state index contributed by atoms with van der Waals surface area (Å²) in [6, 6.07) is 7.30. The van der Waals surface area contributed by atoms with E-state index in [0.29, 0.717) is 11.4 Å². The Labute approximate surface area is 115 Å². The van der Waals surface area contributed by atoms with E-state index in [4.69, 9.17) is 5.73 Å². The van der Waals surface area contributed by atoms with Crippen molar-refractivity contribution in [2.45, 2.75) is 50.1 Å². The molecule has 0 saturated carbocycles. The standard InChI is InChI=1S/C14H22N2O2S/c1-3-12-5-4-6-14(10-12)19(17,18)16-8-7-13(15)9-11(16)2/h4-6,10-11,13H,3,7-9,15H2,1-2H3/t11-,13-/m1/s1. The van der Waals surface area contributed by atoms with Gasteiger partial charge in [-0.05, 0) is 43.9 Å². The first-order valence-corrected chi connectivity index (χ1v) is 8.25. The first kappa shape index (κ1) is 14.5. The van der Waals surface area contributed by atoms with Gasteiger partial charge in [-0.25, -0.2) is 8.42 Å². The molecule has 1 aliphatic heterocycles. The molecule has 0 spiro atoms. The lowest BCUT2D eigenvalue weighted by Crippen LogP contribution is -2.48. The number of aryl methyl sites for hydroxylation is 1. The summed E-state index contributed by atoms with van der Waals surface area (Å²) in [5.74, 6) is 0. The molecule has 5 heteroatoms. The van der Waals surface area contributed by atoms with Crippen molar-refractivity contribution in [2.75, 3.05) is 6.54 Å². The molecule has 106 valence electrons. The van der Waals surface area contributed by atoms with E-state index in [0.717, 1.165) is 24.8 Å². The van der Waals surface area contributed by atoms with E-state index in [-0.39, 0.29) is 12.1 Å². The Bertz CT molecular complexity index is 542. The van der Waals surface area contributed by atoms with Crippen molar-refractivity contribution in [3.63, 3.8) is 0 Å². The smallest absolute Gasteiger partial charge is 0.243 e. The highest BCUT2D eigenvalue weighted by Gasteiger charge is 2.33. The summed E-state index contributed by atoms with van der Waals surface area (Å²) in [6.07, 6.45) is 2.30. The maximum absolute atomic E-state index is 12.7. The Morgan fingerprint density at radius 3 is 2.79 bits per heavy atom. The van der Waals surface area contributed by atoms with E-state index in [1.165, 1.54) is 0 Å². The zero-order valence-electron chi connectivity index (χ0n) is 11.5. The Morgan fingerprint density at radius 2 is 2.16 bits per heavy atom. The van der Waals surface area contributed by atoms with E-state index >= 15 is 0 Å². The molecule has 1 heterocycles. The number of nitrogens with zero attached hydrogens (tertiary/aromatic N) is 1. The summed E-state index contributed by atoms with van der Waals surface area (Å²) < 4.78 is 26.9. The molecule has 1 fully saturated rings. The van der Waals surface area contributed by atoms with Gasteiger partial charge in [-0.15, -0.1) is 0 Å². The maximum Gasteiger partial charge on any atom is 0.243 e. The molecule has 19 heavy (non-hydrogen) atoms. The van der Waals surface area contributed by atoms with Crippen molar-refractivity contribution in [3.05, 3.63) is 29.8 Å². The largest absolute Gasteiger partial charge is 0.328 e. The van der Waals surface area contributed by atoms with Crippen LogP contribution < -0.4 is 5.73 Å². The van der Waals surface area contributed by atoms with E-state index < -0.39 is 10.0 Å². The van der Waals surface area contributed by atoms with Crippen molar-refractivity contribution in [1.82, 2.24) is 4.31 Å². The Morgan fingerprint density at radius 1 is 1.42 bits per heavy atom. The van der Waals surface area contributed by atoms with Gasteiger partial charge < -0.3 is 5.73 Å². The summed E-state index contributed by atoms with van der Waals surface area (Å²) in [5.41, 5.74) is 6.94. The second-order valence-corrected chi connectivity index (χ2v) is 7.14. The first-order valence-electron chi connectivity index (χ1n) is 6.81. The molecule has 4 nitrogen and oxygen atoms in total. The third-order valence-corrected chi connectivity index (χ3v) is 5.78. The van der Waals surface area contributed by atoms with Crippen LogP contribution in [-0.2, 0) is 16.4 Å². The van der Waals surface area contributed by atoms with Crippen molar-refractivity contribution in [1.29, 1.82) is 0 Å². The molecule has 1 aliphatic rings. The van der Waals surface area contributed by atoms with E-state index in [2.05, 4.69) is 0 Å². The van der Waals surface area contributed by atoms with Crippen molar-refractivity contribution in [3.8, 4) is 0 Å². The quantitative estimate of drug-likeness (QED) is 0.918. The summed E-state index contributed by atoms with van der Waals surface area (Å²) in [4.78, 5) is 0.397. The molecule has 2 N–H and O–H groups in total. The highest BCUT2D eigenvalue weighted by Crippen LogP contribution is 2.25. The van der Waals surface area contributed by atoms with E-state index in [1.54, 1.807) is 16.4 Å². The van der Waals surface area contributed by atoms with Gasteiger partial charge in [0.05, 0.1) is 4.90 Å². The molecule has 0 unspecified atom stereocenters. The predicted molar refractivity (Wildman–Crippen MR) is 76.4 cm³/mol. The van der Waals surface area contributed by atoms with Crippen molar-refractivity contribution >= 4 is 10.0 Å². The average Bonchev–Trinajstić information content (AvgIpc) is 2.38. The van der Waals surface area contributed by atoms with Crippen LogP contribution in [0.5, 0.6) is 0 Å². The van der Waals surface area contributed by atoms with Crippen LogP contribution in [0, 0.1) is 0 Å². The summed E-state index contributed by atoms with van der Waals surface area (Å²) in [6.45, 7) is 4.47. The second kappa shape index (κ2) is 5.61. The summed E-state index contributed by atoms with van der Waals surface area (Å²) in [7, 11) is -3.39. The number of benzene rings is 1. The number of sulfonamides is 1. The SMILES string of the molecule is CCc1cccc(S(=O)(=O)N2CC[C@@H](N)C[C@H]2C)c1. The molecule has 1 aromatic carbocycles. The number of piperidine rings is 1. The predicted octanol–water partition coefficient (Wildman–Crippen LogP) is 1.75. The van der Waals surface area contributed by atoms with Gasteiger partial charge in [-0.1, -0.05) is 19.1 Å². The van der Waals surface area contributed by atoms with Crippen LogP contribution in [0.15, 0.2) is 29.2 Å². The van der Waals surface area contributed by atoms with Crippen LogP contribution in [0.4, 0.5) is 0 Å². The van der Waals surface area contributed by atoms with Gasteiger partial charge in [0, 0.05) is 18.6 Å². The molecule has 2 atom stereocenters. The number of rotatable bonds is 3. The summed E-state index contributed by atoms with van der Waals surface area (Å²) >= 11 is 0. The van der Waals surface area contributed by atoms with Crippen LogP contribution in [-0.4, -0.2) is 31.4 Å². The molecule has 0 amide bonds. The monoisotopic (exact) mass is 282 g/mol. The lowest BCUT2D eigenvalue weighted by atomic mass is 10.0. The van der Waals surface area contributed by atoms with Crippen LogP contribution >= 0.6 is 0 Å². The highest BCUT2D eigenvalue weighted by molar-refractivity contribution is 7.89. The minimum atomic E-state index is -3.39. The van der Waals surface area contributed by atoms with Gasteiger partial charge in [-0.3, -0.25) is 0 Å².